The molecule has 4 aromatic rings. The first-order valence-electron chi connectivity index (χ1n) is 8.18. The lowest BCUT2D eigenvalue weighted by Crippen LogP contribution is -2.03. The van der Waals surface area contributed by atoms with E-state index >= 15 is 0 Å². The van der Waals surface area contributed by atoms with Crippen LogP contribution in [-0.2, 0) is 0 Å². The predicted octanol–water partition coefficient (Wildman–Crippen LogP) is 6.08. The monoisotopic (exact) mass is 388 g/mol. The van der Waals surface area contributed by atoms with Crippen molar-refractivity contribution in [3.63, 3.8) is 0 Å². The topological polar surface area (TPSA) is 17.3 Å². The van der Waals surface area contributed by atoms with E-state index in [1.165, 1.54) is 5.56 Å². The van der Waals surface area contributed by atoms with Crippen LogP contribution in [0.15, 0.2) is 96.1 Å². The summed E-state index contributed by atoms with van der Waals surface area (Å²) in [5.41, 5.74) is 5.39. The number of halogens is 1. The number of aromatic nitrogens is 2. The quantitative estimate of drug-likeness (QED) is 0.387. The predicted molar refractivity (Wildman–Crippen MR) is 107 cm³/mol. The van der Waals surface area contributed by atoms with E-state index in [1.54, 1.807) is 0 Å². The van der Waals surface area contributed by atoms with Crippen molar-refractivity contribution in [2.75, 3.05) is 0 Å². The zero-order valence-electron chi connectivity index (χ0n) is 13.6. The first-order valence-corrected chi connectivity index (χ1v) is 8.97. The summed E-state index contributed by atoms with van der Waals surface area (Å²) in [4.78, 5) is 4.90. The average molecular weight is 389 g/mol. The molecule has 0 aliphatic carbocycles. The summed E-state index contributed by atoms with van der Waals surface area (Å²) < 4.78 is 3.23. The van der Waals surface area contributed by atoms with Gasteiger partial charge in [0, 0.05) is 22.2 Å². The van der Waals surface area contributed by atoms with Crippen molar-refractivity contribution in [3.05, 3.63) is 107 Å². The van der Waals surface area contributed by atoms with Gasteiger partial charge < -0.3 is 4.40 Å². The molecule has 0 bridgehead atoms. The van der Waals surface area contributed by atoms with Crippen LogP contribution in [-0.4, -0.2) is 9.38 Å². The van der Waals surface area contributed by atoms with Gasteiger partial charge >= 0.3 is 0 Å². The Hall–Kier alpha value is -2.65. The summed E-state index contributed by atoms with van der Waals surface area (Å²) in [6, 6.07) is 24.8. The molecule has 0 fully saturated rings. The van der Waals surface area contributed by atoms with E-state index < -0.39 is 0 Å². The molecule has 2 aromatic heterocycles. The Bertz CT molecular complexity index is 1020. The maximum absolute atomic E-state index is 4.90. The maximum atomic E-state index is 4.90. The SMILES string of the molecule is C=CC(c1ccc(Br)cc1)c1c(-c2ccccc2)nc2ccccn12. The van der Waals surface area contributed by atoms with Gasteiger partial charge in [0.2, 0.25) is 0 Å². The van der Waals surface area contributed by atoms with Crippen LogP contribution >= 0.6 is 15.9 Å². The highest BCUT2D eigenvalue weighted by Gasteiger charge is 2.21. The van der Waals surface area contributed by atoms with Gasteiger partial charge in [-0.25, -0.2) is 4.98 Å². The Morgan fingerprint density at radius 1 is 0.920 bits per heavy atom. The van der Waals surface area contributed by atoms with Gasteiger partial charge in [0.1, 0.15) is 5.65 Å². The smallest absolute Gasteiger partial charge is 0.137 e. The van der Waals surface area contributed by atoms with Crippen LogP contribution < -0.4 is 0 Å². The normalized spacial score (nSPS) is 12.2. The van der Waals surface area contributed by atoms with Crippen molar-refractivity contribution >= 4 is 21.6 Å². The molecule has 0 N–H and O–H groups in total. The van der Waals surface area contributed by atoms with Crippen LogP contribution in [0.5, 0.6) is 0 Å². The number of fused-ring (bicyclic) bond motifs is 1. The summed E-state index contributed by atoms with van der Waals surface area (Å²) in [7, 11) is 0. The van der Waals surface area contributed by atoms with Crippen LogP contribution in [0, 0.1) is 0 Å². The molecule has 1 atom stereocenters. The molecule has 1 unspecified atom stereocenters. The van der Waals surface area contributed by atoms with Crippen LogP contribution in [0.1, 0.15) is 17.2 Å². The molecule has 2 nitrogen and oxygen atoms in total. The van der Waals surface area contributed by atoms with E-state index in [0.29, 0.717) is 0 Å². The third-order valence-electron chi connectivity index (χ3n) is 4.37. The fourth-order valence-electron chi connectivity index (χ4n) is 3.20. The zero-order valence-corrected chi connectivity index (χ0v) is 15.2. The Balaban J connectivity index is 1.98. The molecule has 0 saturated carbocycles. The third kappa shape index (κ3) is 2.92. The van der Waals surface area contributed by atoms with Gasteiger partial charge in [-0.3, -0.25) is 0 Å². The minimum atomic E-state index is 0.0562. The molecule has 0 spiro atoms. The van der Waals surface area contributed by atoms with Crippen LogP contribution in [0.25, 0.3) is 16.9 Å². The Morgan fingerprint density at radius 3 is 2.36 bits per heavy atom. The number of hydrogen-bond donors (Lipinski definition) is 0. The number of hydrogen-bond acceptors (Lipinski definition) is 1. The number of benzene rings is 2. The van der Waals surface area contributed by atoms with E-state index in [1.807, 2.05) is 42.5 Å². The molecule has 3 heteroatoms. The average Bonchev–Trinajstić information content (AvgIpc) is 3.04. The van der Waals surface area contributed by atoms with Gasteiger partial charge in [0.15, 0.2) is 0 Å². The van der Waals surface area contributed by atoms with Crippen molar-refractivity contribution in [1.29, 1.82) is 0 Å². The minimum absolute atomic E-state index is 0.0562. The number of pyridine rings is 1. The largest absolute Gasteiger partial charge is 0.302 e. The summed E-state index contributed by atoms with van der Waals surface area (Å²) in [6.45, 7) is 4.10. The summed E-state index contributed by atoms with van der Waals surface area (Å²) in [6.07, 6.45) is 4.06. The zero-order chi connectivity index (χ0) is 17.2. The first kappa shape index (κ1) is 15.9. The summed E-state index contributed by atoms with van der Waals surface area (Å²) in [5.74, 6) is 0.0562. The Labute approximate surface area is 155 Å². The van der Waals surface area contributed by atoms with Crippen molar-refractivity contribution in [2.45, 2.75) is 5.92 Å². The van der Waals surface area contributed by atoms with Crippen molar-refractivity contribution < 1.29 is 0 Å². The van der Waals surface area contributed by atoms with Gasteiger partial charge in [0.25, 0.3) is 0 Å². The molecule has 0 aliphatic heterocycles. The highest BCUT2D eigenvalue weighted by molar-refractivity contribution is 9.10. The minimum Gasteiger partial charge on any atom is -0.302 e. The Morgan fingerprint density at radius 2 is 1.64 bits per heavy atom. The molecule has 2 heterocycles. The molecule has 0 saturated heterocycles. The molecule has 4 rings (SSSR count). The number of imidazole rings is 1. The molecular weight excluding hydrogens is 372 g/mol. The van der Waals surface area contributed by atoms with Crippen LogP contribution in [0.4, 0.5) is 0 Å². The molecular formula is C22H17BrN2. The first-order chi connectivity index (χ1) is 12.3. The van der Waals surface area contributed by atoms with Gasteiger partial charge in [-0.05, 0) is 29.8 Å². The fraction of sp³-hybridized carbons (Fsp3) is 0.0455. The lowest BCUT2D eigenvalue weighted by Gasteiger charge is -2.15. The van der Waals surface area contributed by atoms with Gasteiger partial charge in [-0.2, -0.15) is 0 Å². The highest BCUT2D eigenvalue weighted by Crippen LogP contribution is 2.35. The maximum Gasteiger partial charge on any atom is 0.137 e. The standard InChI is InChI=1S/C22H17BrN2/c1-2-19(16-11-13-18(23)14-12-16)22-21(17-8-4-3-5-9-17)24-20-10-6-7-15-25(20)22/h2-15,19H,1H2. The molecule has 0 radical (unpaired) electrons. The van der Waals surface area contributed by atoms with Crippen molar-refractivity contribution in [2.24, 2.45) is 0 Å². The molecule has 122 valence electrons. The van der Waals surface area contributed by atoms with E-state index in [0.717, 1.165) is 27.1 Å². The van der Waals surface area contributed by atoms with Crippen molar-refractivity contribution in [1.82, 2.24) is 9.38 Å². The summed E-state index contributed by atoms with van der Waals surface area (Å²) >= 11 is 3.51. The molecule has 0 aliphatic rings. The molecule has 2 aromatic carbocycles. The number of nitrogens with zero attached hydrogens (tertiary/aromatic N) is 2. The number of allylic oxidation sites excluding steroid dienone is 1. The van der Waals surface area contributed by atoms with Gasteiger partial charge in [-0.1, -0.05) is 70.5 Å². The van der Waals surface area contributed by atoms with E-state index in [2.05, 4.69) is 69.5 Å². The Kier molecular flexibility index (Phi) is 4.24. The summed E-state index contributed by atoms with van der Waals surface area (Å²) in [5, 5.41) is 0. The van der Waals surface area contributed by atoms with Gasteiger partial charge in [0.05, 0.1) is 11.4 Å². The highest BCUT2D eigenvalue weighted by atomic mass is 79.9. The van der Waals surface area contributed by atoms with E-state index in [4.69, 9.17) is 4.98 Å². The second-order valence-electron chi connectivity index (χ2n) is 5.91. The second-order valence-corrected chi connectivity index (χ2v) is 6.82. The van der Waals surface area contributed by atoms with E-state index in [9.17, 15) is 0 Å². The van der Waals surface area contributed by atoms with Crippen LogP contribution in [0.2, 0.25) is 0 Å². The number of rotatable bonds is 4. The third-order valence-corrected chi connectivity index (χ3v) is 4.90. The fourth-order valence-corrected chi connectivity index (χ4v) is 3.46. The van der Waals surface area contributed by atoms with Crippen LogP contribution in [0.3, 0.4) is 0 Å². The van der Waals surface area contributed by atoms with Crippen molar-refractivity contribution in [3.8, 4) is 11.3 Å². The second kappa shape index (κ2) is 6.69. The van der Waals surface area contributed by atoms with E-state index in [-0.39, 0.29) is 5.92 Å². The lowest BCUT2D eigenvalue weighted by atomic mass is 9.92. The molecule has 25 heavy (non-hydrogen) atoms. The lowest BCUT2D eigenvalue weighted by molar-refractivity contribution is 0.932. The molecule has 0 amide bonds. The van der Waals surface area contributed by atoms with Gasteiger partial charge in [-0.15, -0.1) is 6.58 Å².